The van der Waals surface area contributed by atoms with E-state index in [4.69, 9.17) is 4.74 Å². The van der Waals surface area contributed by atoms with Crippen LogP contribution in [0.2, 0.25) is 0 Å². The maximum Gasteiger partial charge on any atom is 0.262 e. The number of anilines is 1. The van der Waals surface area contributed by atoms with Crippen LogP contribution in [0.25, 0.3) is 0 Å². The first-order valence-electron chi connectivity index (χ1n) is 12.7. The van der Waals surface area contributed by atoms with Crippen LogP contribution in [0, 0.1) is 12.8 Å². The quantitative estimate of drug-likeness (QED) is 0.381. The zero-order valence-electron chi connectivity index (χ0n) is 22.6. The van der Waals surface area contributed by atoms with E-state index in [0.717, 1.165) is 16.9 Å². The molecule has 40 heavy (non-hydrogen) atoms. The van der Waals surface area contributed by atoms with Crippen LogP contribution in [0.5, 0.6) is 5.75 Å². The number of aryl methyl sites for hydroxylation is 1. The minimum Gasteiger partial charge on any atom is -0.486 e. The molecule has 0 fully saturated rings. The summed E-state index contributed by atoms with van der Waals surface area (Å²) in [5.41, 5.74) is 1.05. The van der Waals surface area contributed by atoms with Gasteiger partial charge in [0, 0.05) is 19.5 Å². The van der Waals surface area contributed by atoms with Gasteiger partial charge in [0.15, 0.2) is 5.75 Å². The highest BCUT2D eigenvalue weighted by Gasteiger charge is 2.36. The molecule has 0 bridgehead atoms. The molecule has 1 aliphatic rings. The van der Waals surface area contributed by atoms with Gasteiger partial charge in [0.25, 0.3) is 26.0 Å². The first-order valence-corrected chi connectivity index (χ1v) is 16.5. The fourth-order valence-corrected chi connectivity index (χ4v) is 7.82. The van der Waals surface area contributed by atoms with Gasteiger partial charge in [0.05, 0.1) is 35.3 Å². The first kappa shape index (κ1) is 30.0. The molecule has 2 heterocycles. The molecule has 10 nitrogen and oxygen atoms in total. The lowest BCUT2D eigenvalue weighted by Crippen LogP contribution is -2.50. The van der Waals surface area contributed by atoms with Crippen molar-refractivity contribution >= 4 is 43.0 Å². The number of sulfonamides is 2. The Balaban J connectivity index is 1.76. The fourth-order valence-electron chi connectivity index (χ4n) is 4.38. The van der Waals surface area contributed by atoms with Gasteiger partial charge in [-0.05, 0) is 49.6 Å². The van der Waals surface area contributed by atoms with Gasteiger partial charge in [0.1, 0.15) is 10.3 Å². The summed E-state index contributed by atoms with van der Waals surface area (Å²) in [5, 5.41) is 11.6. The molecule has 4 rings (SSSR count). The van der Waals surface area contributed by atoms with Crippen molar-refractivity contribution in [3.05, 3.63) is 71.1 Å². The second kappa shape index (κ2) is 11.9. The van der Waals surface area contributed by atoms with Crippen molar-refractivity contribution in [2.24, 2.45) is 5.92 Å². The molecule has 0 spiro atoms. The standard InChI is InChI=1S/C27H33N3O7S3/c1-18-10-12-21(13-11-18)39(33,34)28-23-8-5-7-22-26(23)37-24(19(2)15-30(27(22)32)20(3)17-31)16-29(4)40(35,36)25-9-6-14-38-25/h5-14,19-20,24,28,31H,15-17H2,1-4H3/t19-,20+,24-/m0/s1. The van der Waals surface area contributed by atoms with E-state index in [1.165, 1.54) is 46.6 Å². The number of amides is 1. The minimum atomic E-state index is -4.04. The first-order chi connectivity index (χ1) is 18.8. The number of carbonyl (C=O) groups excluding carboxylic acids is 1. The van der Waals surface area contributed by atoms with Crippen molar-refractivity contribution in [3.8, 4) is 5.75 Å². The maximum atomic E-state index is 13.7. The normalized spacial score (nSPS) is 18.9. The highest BCUT2D eigenvalue weighted by molar-refractivity contribution is 7.92. The summed E-state index contributed by atoms with van der Waals surface area (Å²) in [5.74, 6) is -0.816. The van der Waals surface area contributed by atoms with Crippen molar-refractivity contribution in [2.45, 2.75) is 42.0 Å². The number of para-hydroxylation sites is 1. The van der Waals surface area contributed by atoms with E-state index >= 15 is 0 Å². The van der Waals surface area contributed by atoms with Crippen molar-refractivity contribution in [3.63, 3.8) is 0 Å². The predicted octanol–water partition coefficient (Wildman–Crippen LogP) is 3.40. The number of likely N-dealkylation sites (N-methyl/N-ethyl adjacent to an activating group) is 1. The molecule has 3 atom stereocenters. The molecule has 1 aliphatic heterocycles. The zero-order chi connectivity index (χ0) is 29.2. The second-order valence-electron chi connectivity index (χ2n) is 9.94. The number of nitrogens with zero attached hydrogens (tertiary/aromatic N) is 2. The smallest absolute Gasteiger partial charge is 0.262 e. The van der Waals surface area contributed by atoms with Gasteiger partial charge in [-0.2, -0.15) is 4.31 Å². The molecule has 3 aromatic rings. The van der Waals surface area contributed by atoms with E-state index in [1.807, 2.05) is 13.8 Å². The van der Waals surface area contributed by atoms with Crippen molar-refractivity contribution in [1.82, 2.24) is 9.21 Å². The third kappa shape index (κ3) is 6.18. The number of fused-ring (bicyclic) bond motifs is 1. The minimum absolute atomic E-state index is 0.00296. The summed E-state index contributed by atoms with van der Waals surface area (Å²) in [6.45, 7) is 5.22. The lowest BCUT2D eigenvalue weighted by molar-refractivity contribution is 0.0389. The molecule has 0 saturated carbocycles. The van der Waals surface area contributed by atoms with Crippen molar-refractivity contribution in [2.75, 3.05) is 31.5 Å². The van der Waals surface area contributed by atoms with Gasteiger partial charge in [-0.15, -0.1) is 11.3 Å². The molecule has 0 unspecified atom stereocenters. The van der Waals surface area contributed by atoms with Crippen LogP contribution in [0.15, 0.2) is 69.1 Å². The fraction of sp³-hybridized carbons (Fsp3) is 0.370. The van der Waals surface area contributed by atoms with E-state index in [-0.39, 0.29) is 51.7 Å². The summed E-state index contributed by atoms with van der Waals surface area (Å²) >= 11 is 1.10. The lowest BCUT2D eigenvalue weighted by atomic mass is 9.99. The molecule has 2 N–H and O–H groups in total. The van der Waals surface area contributed by atoms with Crippen LogP contribution in [0.4, 0.5) is 5.69 Å². The van der Waals surface area contributed by atoms with E-state index in [1.54, 1.807) is 36.6 Å². The predicted molar refractivity (Wildman–Crippen MR) is 154 cm³/mol. The number of ether oxygens (including phenoxy) is 1. The molecule has 216 valence electrons. The van der Waals surface area contributed by atoms with Crippen molar-refractivity contribution in [1.29, 1.82) is 0 Å². The van der Waals surface area contributed by atoms with Crippen LogP contribution >= 0.6 is 11.3 Å². The van der Waals surface area contributed by atoms with Crippen LogP contribution in [-0.2, 0) is 20.0 Å². The SMILES string of the molecule is Cc1ccc(S(=O)(=O)Nc2cccc3c2O[C@@H](CN(C)S(=O)(=O)c2cccs2)[C@@H](C)CN([C@H](C)CO)C3=O)cc1. The monoisotopic (exact) mass is 607 g/mol. The number of hydrogen-bond acceptors (Lipinski definition) is 8. The Kier molecular flexibility index (Phi) is 8.90. The maximum absolute atomic E-state index is 13.7. The summed E-state index contributed by atoms with van der Waals surface area (Å²) in [4.78, 5) is 15.2. The Morgan fingerprint density at radius 2 is 1.82 bits per heavy atom. The number of aliphatic hydroxyl groups excluding tert-OH is 1. The van der Waals surface area contributed by atoms with Gasteiger partial charge >= 0.3 is 0 Å². The number of benzene rings is 2. The number of aliphatic hydroxyl groups is 1. The molecule has 1 amide bonds. The Labute approximate surface area is 239 Å². The van der Waals surface area contributed by atoms with Crippen LogP contribution < -0.4 is 9.46 Å². The Morgan fingerprint density at radius 1 is 1.12 bits per heavy atom. The van der Waals surface area contributed by atoms with Gasteiger partial charge < -0.3 is 14.7 Å². The van der Waals surface area contributed by atoms with Crippen molar-refractivity contribution < 1.29 is 31.5 Å². The highest BCUT2D eigenvalue weighted by Crippen LogP contribution is 2.36. The van der Waals surface area contributed by atoms with Crippen LogP contribution in [-0.4, -0.2) is 75.9 Å². The van der Waals surface area contributed by atoms with Crippen LogP contribution in [0.1, 0.15) is 29.8 Å². The number of rotatable bonds is 9. The Hall–Kier alpha value is -2.97. The Bertz CT molecular complexity index is 1560. The molecular formula is C27H33N3O7S3. The third-order valence-corrected chi connectivity index (χ3v) is 11.4. The van der Waals surface area contributed by atoms with E-state index in [0.29, 0.717) is 0 Å². The molecule has 0 radical (unpaired) electrons. The van der Waals surface area contributed by atoms with E-state index in [9.17, 15) is 26.7 Å². The number of nitrogens with one attached hydrogen (secondary N) is 1. The molecule has 0 saturated heterocycles. The largest absolute Gasteiger partial charge is 0.486 e. The number of thiophene rings is 1. The summed E-state index contributed by atoms with van der Waals surface area (Å²) in [6, 6.07) is 13.5. The average Bonchev–Trinajstić information content (AvgIpc) is 3.47. The van der Waals surface area contributed by atoms with Gasteiger partial charge in [-0.25, -0.2) is 16.8 Å². The number of carbonyl (C=O) groups is 1. The summed E-state index contributed by atoms with van der Waals surface area (Å²) in [7, 11) is -6.39. The van der Waals surface area contributed by atoms with Crippen LogP contribution in [0.3, 0.4) is 0 Å². The Morgan fingerprint density at radius 3 is 2.45 bits per heavy atom. The second-order valence-corrected chi connectivity index (χ2v) is 14.8. The average molecular weight is 608 g/mol. The van der Waals surface area contributed by atoms with Gasteiger partial charge in [-0.3, -0.25) is 9.52 Å². The number of hydrogen-bond donors (Lipinski definition) is 2. The molecule has 1 aromatic heterocycles. The lowest BCUT2D eigenvalue weighted by Gasteiger charge is -2.38. The molecule has 2 aromatic carbocycles. The highest BCUT2D eigenvalue weighted by atomic mass is 32.2. The summed E-state index contributed by atoms with van der Waals surface area (Å²) < 4.78 is 63.1. The topological polar surface area (TPSA) is 133 Å². The van der Waals surface area contributed by atoms with E-state index < -0.39 is 38.1 Å². The van der Waals surface area contributed by atoms with Gasteiger partial charge in [-0.1, -0.05) is 36.8 Å². The zero-order valence-corrected chi connectivity index (χ0v) is 25.1. The van der Waals surface area contributed by atoms with E-state index in [2.05, 4.69) is 4.72 Å². The molecule has 13 heteroatoms. The summed E-state index contributed by atoms with van der Waals surface area (Å²) in [6.07, 6.45) is -0.759. The molecule has 0 aliphatic carbocycles. The third-order valence-electron chi connectivity index (χ3n) is 6.86. The van der Waals surface area contributed by atoms with Gasteiger partial charge in [0.2, 0.25) is 0 Å². The molecular weight excluding hydrogens is 575 g/mol.